The summed E-state index contributed by atoms with van der Waals surface area (Å²) in [5.74, 6) is 0.193. The maximum absolute atomic E-state index is 2.45. The number of hydrogen-bond donors (Lipinski definition) is 0. The zero-order chi connectivity index (χ0) is 24.0. The van der Waals surface area contributed by atoms with Gasteiger partial charge >= 0.3 is 0 Å². The Kier molecular flexibility index (Phi) is 5.15. The third kappa shape index (κ3) is 3.35. The van der Waals surface area contributed by atoms with Gasteiger partial charge in [0.05, 0.1) is 5.41 Å². The van der Waals surface area contributed by atoms with Gasteiger partial charge < -0.3 is 0 Å². The van der Waals surface area contributed by atoms with Crippen molar-refractivity contribution < 1.29 is 0 Å². The van der Waals surface area contributed by atoms with Gasteiger partial charge in [-0.05, 0) is 50.8 Å². The molecule has 6 rings (SSSR count). The van der Waals surface area contributed by atoms with Gasteiger partial charge in [0.2, 0.25) is 0 Å². The number of hydrogen-bond acceptors (Lipinski definition) is 0. The molecule has 2 aliphatic carbocycles. The lowest BCUT2D eigenvalue weighted by Gasteiger charge is -2.43. The highest BCUT2D eigenvalue weighted by Crippen LogP contribution is 2.60. The number of allylic oxidation sites excluding steroid dienone is 4. The van der Waals surface area contributed by atoms with Crippen LogP contribution in [0.25, 0.3) is 11.1 Å². The van der Waals surface area contributed by atoms with E-state index in [9.17, 15) is 0 Å². The first-order chi connectivity index (χ1) is 17.0. The van der Waals surface area contributed by atoms with Gasteiger partial charge in [-0.2, -0.15) is 0 Å². The fraction of sp³-hybridized carbons (Fsp3) is 0.200. The van der Waals surface area contributed by atoms with E-state index in [2.05, 4.69) is 142 Å². The fourth-order valence-corrected chi connectivity index (χ4v) is 6.33. The van der Waals surface area contributed by atoms with Crippen LogP contribution < -0.4 is 0 Å². The molecule has 0 saturated heterocycles. The Labute approximate surface area is 209 Å². The smallest absolute Gasteiger partial charge is 0.0526 e. The van der Waals surface area contributed by atoms with Crippen LogP contribution in [-0.2, 0) is 10.8 Å². The van der Waals surface area contributed by atoms with Crippen LogP contribution >= 0.6 is 0 Å². The molecule has 1 unspecified atom stereocenters. The van der Waals surface area contributed by atoms with E-state index in [1.807, 2.05) is 0 Å². The molecule has 4 aromatic rings. The van der Waals surface area contributed by atoms with Gasteiger partial charge in [0.25, 0.3) is 0 Å². The minimum absolute atomic E-state index is 0.107. The molecule has 0 saturated carbocycles. The van der Waals surface area contributed by atoms with Gasteiger partial charge in [0.1, 0.15) is 0 Å². The van der Waals surface area contributed by atoms with Crippen molar-refractivity contribution in [3.05, 3.63) is 155 Å². The molecule has 4 aromatic carbocycles. The van der Waals surface area contributed by atoms with Crippen molar-refractivity contribution in [2.45, 2.75) is 43.9 Å². The minimum Gasteiger partial charge on any atom is -0.0804 e. The molecule has 0 spiro atoms. The van der Waals surface area contributed by atoms with Crippen LogP contribution in [-0.4, -0.2) is 0 Å². The Morgan fingerprint density at radius 3 is 1.80 bits per heavy atom. The second-order valence-electron chi connectivity index (χ2n) is 10.9. The van der Waals surface area contributed by atoms with Crippen molar-refractivity contribution in [2.75, 3.05) is 0 Å². The van der Waals surface area contributed by atoms with Crippen molar-refractivity contribution in [1.29, 1.82) is 0 Å². The van der Waals surface area contributed by atoms with E-state index in [1.165, 1.54) is 44.5 Å². The predicted molar refractivity (Wildman–Crippen MR) is 148 cm³/mol. The molecule has 0 amide bonds. The van der Waals surface area contributed by atoms with Crippen LogP contribution in [0.5, 0.6) is 0 Å². The average molecular weight is 453 g/mol. The standard InChI is InChI=1S/C35H32/c1-34(2,3)28-22-23-31-32(24-28)29-20-12-13-21-30(29)33(31)35(27-18-10-11-19-27,25-14-6-4-7-15-25)26-16-8-5-9-17-26/h4-18,20-24,33H,19H2,1-3H3. The highest BCUT2D eigenvalue weighted by molar-refractivity contribution is 5.82. The van der Waals surface area contributed by atoms with Crippen LogP contribution in [0, 0.1) is 0 Å². The maximum Gasteiger partial charge on any atom is 0.0526 e. The summed E-state index contributed by atoms with van der Waals surface area (Å²) in [7, 11) is 0. The van der Waals surface area contributed by atoms with Crippen LogP contribution in [0.4, 0.5) is 0 Å². The summed E-state index contributed by atoms with van der Waals surface area (Å²) >= 11 is 0. The molecule has 0 radical (unpaired) electrons. The molecule has 0 nitrogen and oxygen atoms in total. The molecule has 0 aromatic heterocycles. The van der Waals surface area contributed by atoms with Gasteiger partial charge in [-0.3, -0.25) is 0 Å². The normalized spacial score (nSPS) is 16.7. The lowest BCUT2D eigenvalue weighted by atomic mass is 9.58. The summed E-state index contributed by atoms with van der Waals surface area (Å²) in [5, 5.41) is 0. The van der Waals surface area contributed by atoms with Crippen LogP contribution in [0.15, 0.2) is 127 Å². The third-order valence-electron chi connectivity index (χ3n) is 7.96. The monoisotopic (exact) mass is 452 g/mol. The molecule has 2 aliphatic rings. The molecular weight excluding hydrogens is 420 g/mol. The first-order valence-electron chi connectivity index (χ1n) is 12.7. The lowest BCUT2D eigenvalue weighted by molar-refractivity contribution is 0.526. The molecular formula is C35H32. The molecule has 1 atom stereocenters. The number of fused-ring (bicyclic) bond motifs is 3. The summed E-state index contributed by atoms with van der Waals surface area (Å²) in [6.45, 7) is 6.92. The zero-order valence-electron chi connectivity index (χ0n) is 20.8. The SMILES string of the molecule is CC(C)(C)c1ccc2c(c1)-c1ccccc1C2C(C1=CC=CC1)(c1ccccc1)c1ccccc1. The number of benzene rings is 4. The topological polar surface area (TPSA) is 0 Å². The molecule has 0 bridgehead atoms. The summed E-state index contributed by atoms with van der Waals surface area (Å²) in [5.41, 5.74) is 11.0. The molecule has 0 heteroatoms. The second kappa shape index (κ2) is 8.24. The van der Waals surface area contributed by atoms with Crippen LogP contribution in [0.2, 0.25) is 0 Å². The Morgan fingerprint density at radius 1 is 0.600 bits per heavy atom. The molecule has 35 heavy (non-hydrogen) atoms. The average Bonchev–Trinajstić information content (AvgIpc) is 3.53. The first-order valence-corrected chi connectivity index (χ1v) is 12.7. The maximum atomic E-state index is 2.45. The van der Waals surface area contributed by atoms with Gasteiger partial charge in [-0.25, -0.2) is 0 Å². The second-order valence-corrected chi connectivity index (χ2v) is 10.9. The van der Waals surface area contributed by atoms with Crippen molar-refractivity contribution >= 4 is 0 Å². The van der Waals surface area contributed by atoms with Gasteiger partial charge in [-0.1, -0.05) is 148 Å². The molecule has 0 heterocycles. The largest absolute Gasteiger partial charge is 0.0804 e. The quantitative estimate of drug-likeness (QED) is 0.290. The van der Waals surface area contributed by atoms with Gasteiger partial charge in [0, 0.05) is 5.92 Å². The van der Waals surface area contributed by atoms with Crippen molar-refractivity contribution in [3.8, 4) is 11.1 Å². The minimum atomic E-state index is -0.295. The van der Waals surface area contributed by atoms with Crippen LogP contribution in [0.1, 0.15) is 60.9 Å². The molecule has 172 valence electrons. The zero-order valence-corrected chi connectivity index (χ0v) is 20.8. The highest BCUT2D eigenvalue weighted by Gasteiger charge is 2.50. The summed E-state index contributed by atoms with van der Waals surface area (Å²) in [6, 6.07) is 38.7. The Bertz CT molecular complexity index is 1390. The van der Waals surface area contributed by atoms with E-state index in [4.69, 9.17) is 0 Å². The first kappa shape index (κ1) is 21.9. The summed E-state index contributed by atoms with van der Waals surface area (Å²) < 4.78 is 0. The van der Waals surface area contributed by atoms with Crippen molar-refractivity contribution in [1.82, 2.24) is 0 Å². The predicted octanol–water partition coefficient (Wildman–Crippen LogP) is 8.97. The van der Waals surface area contributed by atoms with E-state index in [0.29, 0.717) is 0 Å². The lowest BCUT2D eigenvalue weighted by Crippen LogP contribution is -2.37. The molecule has 0 aliphatic heterocycles. The summed E-state index contributed by atoms with van der Waals surface area (Å²) in [4.78, 5) is 0. The van der Waals surface area contributed by atoms with Crippen LogP contribution in [0.3, 0.4) is 0 Å². The third-order valence-corrected chi connectivity index (χ3v) is 7.96. The van der Waals surface area contributed by atoms with Crippen molar-refractivity contribution in [3.63, 3.8) is 0 Å². The Morgan fingerprint density at radius 2 is 1.20 bits per heavy atom. The Hall–Kier alpha value is -3.64. The van der Waals surface area contributed by atoms with E-state index in [-0.39, 0.29) is 16.7 Å². The van der Waals surface area contributed by atoms with Gasteiger partial charge in [-0.15, -0.1) is 0 Å². The van der Waals surface area contributed by atoms with Gasteiger partial charge in [0.15, 0.2) is 0 Å². The van der Waals surface area contributed by atoms with E-state index in [0.717, 1.165) is 6.42 Å². The molecule has 0 N–H and O–H groups in total. The Balaban J connectivity index is 1.72. The van der Waals surface area contributed by atoms with E-state index in [1.54, 1.807) is 0 Å². The highest BCUT2D eigenvalue weighted by atomic mass is 14.5. The van der Waals surface area contributed by atoms with Crippen molar-refractivity contribution in [2.24, 2.45) is 0 Å². The van der Waals surface area contributed by atoms with E-state index >= 15 is 0 Å². The van der Waals surface area contributed by atoms with E-state index < -0.39 is 0 Å². The molecule has 0 fully saturated rings. The fourth-order valence-electron chi connectivity index (χ4n) is 6.33. The summed E-state index contributed by atoms with van der Waals surface area (Å²) in [6.07, 6.45) is 7.88. The number of rotatable bonds is 4.